The highest BCUT2D eigenvalue weighted by Gasteiger charge is 2.07. The van der Waals surface area contributed by atoms with Gasteiger partial charge in [0.2, 0.25) is 0 Å². The Morgan fingerprint density at radius 2 is 2.28 bits per heavy atom. The van der Waals surface area contributed by atoms with E-state index < -0.39 is 0 Å². The molecule has 0 aliphatic heterocycles. The van der Waals surface area contributed by atoms with Crippen molar-refractivity contribution in [2.45, 2.75) is 25.8 Å². The van der Waals surface area contributed by atoms with Gasteiger partial charge in [-0.25, -0.2) is 0 Å². The molecule has 5 heteroatoms. The molecule has 2 nitrogen and oxygen atoms in total. The SMILES string of the molecule is CCC(N)Cc1cc(OC/C(Cl)=C/Cl)ccc1Br. The Hall–Kier alpha value is -0.220. The van der Waals surface area contributed by atoms with Crippen molar-refractivity contribution in [3.63, 3.8) is 0 Å². The van der Waals surface area contributed by atoms with E-state index in [1.807, 2.05) is 18.2 Å². The van der Waals surface area contributed by atoms with Crippen molar-refractivity contribution in [3.05, 3.63) is 38.8 Å². The van der Waals surface area contributed by atoms with Gasteiger partial charge in [-0.3, -0.25) is 0 Å². The van der Waals surface area contributed by atoms with E-state index in [0.29, 0.717) is 5.03 Å². The molecule has 2 N–H and O–H groups in total. The van der Waals surface area contributed by atoms with Gasteiger partial charge in [-0.2, -0.15) is 0 Å². The van der Waals surface area contributed by atoms with Crippen molar-refractivity contribution in [3.8, 4) is 5.75 Å². The third kappa shape index (κ3) is 5.19. The summed E-state index contributed by atoms with van der Waals surface area (Å²) in [6.45, 7) is 2.34. The zero-order valence-corrected chi connectivity index (χ0v) is 13.2. The minimum Gasteiger partial charge on any atom is -0.488 e. The van der Waals surface area contributed by atoms with Gasteiger partial charge in [0, 0.05) is 16.0 Å². The first-order chi connectivity index (χ1) is 8.56. The molecule has 0 saturated heterocycles. The monoisotopic (exact) mass is 351 g/mol. The Labute approximate surface area is 126 Å². The fraction of sp³-hybridized carbons (Fsp3) is 0.385. The summed E-state index contributed by atoms with van der Waals surface area (Å²) >= 11 is 14.7. The quantitative estimate of drug-likeness (QED) is 0.822. The number of benzene rings is 1. The summed E-state index contributed by atoms with van der Waals surface area (Å²) in [5.74, 6) is 0.758. The lowest BCUT2D eigenvalue weighted by molar-refractivity contribution is 0.359. The van der Waals surface area contributed by atoms with E-state index in [0.717, 1.165) is 28.6 Å². The van der Waals surface area contributed by atoms with Crippen LogP contribution in [0.3, 0.4) is 0 Å². The van der Waals surface area contributed by atoms with Gasteiger partial charge < -0.3 is 10.5 Å². The molecule has 0 amide bonds. The zero-order valence-electron chi connectivity index (χ0n) is 10.1. The Kier molecular flexibility index (Phi) is 7.08. The lowest BCUT2D eigenvalue weighted by Gasteiger charge is -2.12. The van der Waals surface area contributed by atoms with Crippen LogP contribution in [-0.4, -0.2) is 12.6 Å². The molecule has 0 spiro atoms. The lowest BCUT2D eigenvalue weighted by atomic mass is 10.0. The summed E-state index contributed by atoms with van der Waals surface area (Å²) in [5.41, 5.74) is 8.39. The van der Waals surface area contributed by atoms with Gasteiger partial charge in [0.15, 0.2) is 0 Å². The largest absolute Gasteiger partial charge is 0.488 e. The molecule has 0 aliphatic rings. The molecule has 0 saturated carbocycles. The summed E-state index contributed by atoms with van der Waals surface area (Å²) < 4.78 is 6.56. The molecular formula is C13H16BrCl2NO. The van der Waals surface area contributed by atoms with E-state index in [2.05, 4.69) is 22.9 Å². The molecule has 1 atom stereocenters. The summed E-state index contributed by atoms with van der Waals surface area (Å²) in [5, 5.41) is 0.464. The normalized spacial score (nSPS) is 13.5. The number of hydrogen-bond donors (Lipinski definition) is 1. The number of ether oxygens (including phenoxy) is 1. The molecule has 0 fully saturated rings. The van der Waals surface area contributed by atoms with Gasteiger partial charge in [-0.1, -0.05) is 46.1 Å². The zero-order chi connectivity index (χ0) is 13.5. The molecule has 0 heterocycles. The van der Waals surface area contributed by atoms with Crippen molar-refractivity contribution >= 4 is 39.1 Å². The first kappa shape index (κ1) is 15.8. The highest BCUT2D eigenvalue weighted by atomic mass is 79.9. The van der Waals surface area contributed by atoms with Gasteiger partial charge >= 0.3 is 0 Å². The number of hydrogen-bond acceptors (Lipinski definition) is 2. The molecule has 0 bridgehead atoms. The van der Waals surface area contributed by atoms with Crippen molar-refractivity contribution in [1.29, 1.82) is 0 Å². The van der Waals surface area contributed by atoms with Crippen molar-refractivity contribution in [1.82, 2.24) is 0 Å². The van der Waals surface area contributed by atoms with Crippen molar-refractivity contribution in [2.24, 2.45) is 5.73 Å². The highest BCUT2D eigenvalue weighted by molar-refractivity contribution is 9.10. The van der Waals surface area contributed by atoms with Crippen LogP contribution in [0.25, 0.3) is 0 Å². The van der Waals surface area contributed by atoms with Crippen molar-refractivity contribution in [2.75, 3.05) is 6.61 Å². The fourth-order valence-corrected chi connectivity index (χ4v) is 1.93. The number of nitrogens with two attached hydrogens (primary N) is 1. The average molecular weight is 353 g/mol. The molecule has 18 heavy (non-hydrogen) atoms. The van der Waals surface area contributed by atoms with E-state index >= 15 is 0 Å². The first-order valence-corrected chi connectivity index (χ1v) is 7.29. The summed E-state index contributed by atoms with van der Waals surface area (Å²) in [6, 6.07) is 5.95. The molecule has 1 unspecified atom stereocenters. The molecule has 1 rings (SSSR count). The van der Waals surface area contributed by atoms with E-state index in [-0.39, 0.29) is 12.6 Å². The second-order valence-corrected chi connectivity index (χ2v) is 5.53. The third-order valence-electron chi connectivity index (χ3n) is 2.52. The van der Waals surface area contributed by atoms with E-state index in [1.165, 1.54) is 5.54 Å². The molecule has 0 radical (unpaired) electrons. The Bertz CT molecular complexity index is 423. The van der Waals surface area contributed by atoms with E-state index in [9.17, 15) is 0 Å². The van der Waals surface area contributed by atoms with Crippen LogP contribution in [0.1, 0.15) is 18.9 Å². The van der Waals surface area contributed by atoms with Gasteiger partial charge in [-0.15, -0.1) is 0 Å². The summed E-state index contributed by atoms with van der Waals surface area (Å²) in [4.78, 5) is 0. The first-order valence-electron chi connectivity index (χ1n) is 5.68. The van der Waals surface area contributed by atoms with Gasteiger partial charge in [0.05, 0.1) is 5.03 Å². The van der Waals surface area contributed by atoms with Crippen LogP contribution in [-0.2, 0) is 6.42 Å². The minimum absolute atomic E-state index is 0.155. The molecular weight excluding hydrogens is 337 g/mol. The number of halogens is 3. The Morgan fingerprint density at radius 1 is 1.56 bits per heavy atom. The Balaban J connectivity index is 2.74. The Morgan fingerprint density at radius 3 is 2.89 bits per heavy atom. The lowest BCUT2D eigenvalue weighted by Crippen LogP contribution is -2.21. The van der Waals surface area contributed by atoms with Crippen molar-refractivity contribution < 1.29 is 4.74 Å². The maximum absolute atomic E-state index is 5.96. The summed E-state index contributed by atoms with van der Waals surface area (Å²) in [6.07, 6.45) is 1.76. The van der Waals surface area contributed by atoms with Crippen LogP contribution in [0.15, 0.2) is 33.2 Å². The minimum atomic E-state index is 0.155. The smallest absolute Gasteiger partial charge is 0.125 e. The molecule has 0 aromatic heterocycles. The molecule has 0 aliphatic carbocycles. The topological polar surface area (TPSA) is 35.2 Å². The molecule has 1 aromatic carbocycles. The molecule has 1 aromatic rings. The standard InChI is InChI=1S/C13H16BrCl2NO/c1-2-11(17)5-9-6-12(3-4-13(9)14)18-8-10(16)7-15/h3-4,6-7,11H,2,5,8,17H2,1H3/b10-7-. The van der Waals surface area contributed by atoms with Crippen LogP contribution in [0, 0.1) is 0 Å². The number of rotatable bonds is 6. The van der Waals surface area contributed by atoms with Crippen LogP contribution in [0.2, 0.25) is 0 Å². The predicted molar refractivity (Wildman–Crippen MR) is 81.4 cm³/mol. The highest BCUT2D eigenvalue weighted by Crippen LogP contribution is 2.24. The molecule has 100 valence electrons. The predicted octanol–water partition coefficient (Wildman–Crippen LogP) is 4.43. The van der Waals surface area contributed by atoms with E-state index in [1.54, 1.807) is 0 Å². The van der Waals surface area contributed by atoms with E-state index in [4.69, 9.17) is 33.7 Å². The maximum Gasteiger partial charge on any atom is 0.125 e. The maximum atomic E-state index is 5.96. The fourth-order valence-electron chi connectivity index (χ4n) is 1.41. The van der Waals surface area contributed by atoms with Gasteiger partial charge in [-0.05, 0) is 36.6 Å². The van der Waals surface area contributed by atoms with Crippen LogP contribution in [0.4, 0.5) is 0 Å². The van der Waals surface area contributed by atoms with Crippen LogP contribution < -0.4 is 10.5 Å². The van der Waals surface area contributed by atoms with Gasteiger partial charge in [0.1, 0.15) is 12.4 Å². The summed E-state index contributed by atoms with van der Waals surface area (Å²) in [7, 11) is 0. The van der Waals surface area contributed by atoms with Crippen LogP contribution >= 0.6 is 39.1 Å². The average Bonchev–Trinajstić information content (AvgIpc) is 2.38. The second-order valence-electron chi connectivity index (χ2n) is 3.97. The second kappa shape index (κ2) is 8.05. The van der Waals surface area contributed by atoms with Gasteiger partial charge in [0.25, 0.3) is 0 Å². The van der Waals surface area contributed by atoms with Crippen LogP contribution in [0.5, 0.6) is 5.75 Å². The third-order valence-corrected chi connectivity index (χ3v) is 3.89.